The Morgan fingerprint density at radius 2 is 2.10 bits per heavy atom. The predicted molar refractivity (Wildman–Crippen MR) is 82.2 cm³/mol. The molecule has 2 rings (SSSR count). The summed E-state index contributed by atoms with van der Waals surface area (Å²) in [5.41, 5.74) is 6.15. The highest BCUT2D eigenvalue weighted by Gasteiger charge is 2.20. The molecule has 1 atom stereocenters. The molecule has 0 radical (unpaired) electrons. The maximum atomic E-state index is 12.6. The highest BCUT2D eigenvalue weighted by atomic mass is 16.2. The first kappa shape index (κ1) is 15.5. The van der Waals surface area contributed by atoms with E-state index in [9.17, 15) is 9.59 Å². The number of carbonyl (C=O) groups is 2. The topological polar surface area (TPSA) is 75.4 Å². The van der Waals surface area contributed by atoms with Crippen molar-refractivity contribution in [2.24, 2.45) is 5.73 Å². The van der Waals surface area contributed by atoms with Crippen LogP contribution >= 0.6 is 0 Å². The minimum absolute atomic E-state index is 0.0482. The lowest BCUT2D eigenvalue weighted by molar-refractivity contribution is 0.0741. The monoisotopic (exact) mass is 289 g/mol. The number of carbonyl (C=O) groups excluding carboxylic acids is 2. The average molecular weight is 289 g/mol. The van der Waals surface area contributed by atoms with E-state index in [-0.39, 0.29) is 5.91 Å². The summed E-state index contributed by atoms with van der Waals surface area (Å²) in [6.07, 6.45) is 3.52. The predicted octanol–water partition coefficient (Wildman–Crippen LogP) is 1.39. The van der Waals surface area contributed by atoms with Crippen molar-refractivity contribution in [3.63, 3.8) is 0 Å². The molecule has 114 valence electrons. The number of amides is 2. The van der Waals surface area contributed by atoms with E-state index < -0.39 is 5.91 Å². The standard InChI is InChI=1S/C16H23N3O2/c1-2-19(11-14-8-3-4-9-18-14)16(21)13-7-5-6-12(10-13)15(17)20/h5-7,10,14,18H,2-4,8-9,11H2,1H3,(H2,17,20). The van der Waals surface area contributed by atoms with Gasteiger partial charge in [0.1, 0.15) is 0 Å². The number of nitrogens with one attached hydrogen (secondary N) is 1. The minimum atomic E-state index is -0.512. The van der Waals surface area contributed by atoms with Crippen LogP contribution in [0.4, 0.5) is 0 Å². The Hall–Kier alpha value is -1.88. The lowest BCUT2D eigenvalue weighted by atomic mass is 10.0. The van der Waals surface area contributed by atoms with E-state index in [1.807, 2.05) is 11.8 Å². The van der Waals surface area contributed by atoms with Crippen LogP contribution in [0.2, 0.25) is 0 Å². The van der Waals surface area contributed by atoms with Gasteiger partial charge in [-0.2, -0.15) is 0 Å². The number of likely N-dealkylation sites (N-methyl/N-ethyl adjacent to an activating group) is 1. The second-order valence-corrected chi connectivity index (χ2v) is 5.44. The largest absolute Gasteiger partial charge is 0.366 e. The quantitative estimate of drug-likeness (QED) is 0.860. The van der Waals surface area contributed by atoms with E-state index in [0.29, 0.717) is 30.3 Å². The molecule has 0 saturated carbocycles. The van der Waals surface area contributed by atoms with E-state index in [2.05, 4.69) is 5.32 Å². The van der Waals surface area contributed by atoms with Gasteiger partial charge in [-0.15, -0.1) is 0 Å². The van der Waals surface area contributed by atoms with Gasteiger partial charge >= 0.3 is 0 Å². The Morgan fingerprint density at radius 1 is 1.33 bits per heavy atom. The van der Waals surface area contributed by atoms with Gasteiger partial charge in [0.25, 0.3) is 5.91 Å². The first-order valence-corrected chi connectivity index (χ1v) is 7.54. The Kier molecular flexibility index (Phi) is 5.33. The van der Waals surface area contributed by atoms with Gasteiger partial charge in [-0.25, -0.2) is 0 Å². The summed E-state index contributed by atoms with van der Waals surface area (Å²) in [7, 11) is 0. The van der Waals surface area contributed by atoms with Crippen LogP contribution in [-0.4, -0.2) is 42.4 Å². The van der Waals surface area contributed by atoms with Crippen molar-refractivity contribution in [2.75, 3.05) is 19.6 Å². The van der Waals surface area contributed by atoms with Crippen molar-refractivity contribution < 1.29 is 9.59 Å². The molecular formula is C16H23N3O2. The summed E-state index contributed by atoms with van der Waals surface area (Å²) in [5.74, 6) is -0.561. The highest BCUT2D eigenvalue weighted by Crippen LogP contribution is 2.12. The van der Waals surface area contributed by atoms with E-state index >= 15 is 0 Å². The normalized spacial score (nSPS) is 18.2. The van der Waals surface area contributed by atoms with E-state index in [0.717, 1.165) is 13.0 Å². The molecule has 0 spiro atoms. The van der Waals surface area contributed by atoms with Crippen LogP contribution in [0.3, 0.4) is 0 Å². The molecule has 1 aromatic rings. The molecule has 5 nitrogen and oxygen atoms in total. The van der Waals surface area contributed by atoms with Crippen molar-refractivity contribution >= 4 is 11.8 Å². The lowest BCUT2D eigenvalue weighted by Crippen LogP contribution is -2.45. The van der Waals surface area contributed by atoms with Gasteiger partial charge in [-0.1, -0.05) is 12.5 Å². The Labute approximate surface area is 125 Å². The van der Waals surface area contributed by atoms with Gasteiger partial charge in [0.15, 0.2) is 0 Å². The van der Waals surface area contributed by atoms with Crippen LogP contribution in [0.25, 0.3) is 0 Å². The molecule has 1 aromatic carbocycles. The summed E-state index contributed by atoms with van der Waals surface area (Å²) in [4.78, 5) is 25.6. The summed E-state index contributed by atoms with van der Waals surface area (Å²) in [5, 5.41) is 3.45. The zero-order chi connectivity index (χ0) is 15.2. The summed E-state index contributed by atoms with van der Waals surface area (Å²) >= 11 is 0. The summed E-state index contributed by atoms with van der Waals surface area (Å²) in [6.45, 7) is 4.35. The Morgan fingerprint density at radius 3 is 2.71 bits per heavy atom. The number of rotatable bonds is 5. The molecule has 0 aliphatic carbocycles. The maximum absolute atomic E-state index is 12.6. The Balaban J connectivity index is 2.08. The molecule has 21 heavy (non-hydrogen) atoms. The Bertz CT molecular complexity index is 510. The molecular weight excluding hydrogens is 266 g/mol. The molecule has 1 heterocycles. The third-order valence-corrected chi connectivity index (χ3v) is 3.92. The second kappa shape index (κ2) is 7.22. The third-order valence-electron chi connectivity index (χ3n) is 3.92. The molecule has 5 heteroatoms. The van der Waals surface area contributed by atoms with Gasteiger partial charge in [0.2, 0.25) is 5.91 Å². The number of hydrogen-bond donors (Lipinski definition) is 2. The lowest BCUT2D eigenvalue weighted by Gasteiger charge is -2.30. The van der Waals surface area contributed by atoms with Crippen LogP contribution in [0.5, 0.6) is 0 Å². The molecule has 1 unspecified atom stereocenters. The van der Waals surface area contributed by atoms with Crippen molar-refractivity contribution in [1.29, 1.82) is 0 Å². The van der Waals surface area contributed by atoms with Crippen molar-refractivity contribution in [3.8, 4) is 0 Å². The molecule has 3 N–H and O–H groups in total. The van der Waals surface area contributed by atoms with Gasteiger partial charge in [0, 0.05) is 30.3 Å². The van der Waals surface area contributed by atoms with E-state index in [1.54, 1.807) is 24.3 Å². The maximum Gasteiger partial charge on any atom is 0.253 e. The minimum Gasteiger partial charge on any atom is -0.366 e. The number of primary amides is 1. The third kappa shape index (κ3) is 4.04. The average Bonchev–Trinajstić information content (AvgIpc) is 2.53. The zero-order valence-electron chi connectivity index (χ0n) is 12.5. The van der Waals surface area contributed by atoms with Crippen LogP contribution in [0, 0.1) is 0 Å². The van der Waals surface area contributed by atoms with Crippen LogP contribution in [0.1, 0.15) is 46.9 Å². The van der Waals surface area contributed by atoms with Crippen molar-refractivity contribution in [2.45, 2.75) is 32.2 Å². The summed E-state index contributed by atoms with van der Waals surface area (Å²) < 4.78 is 0. The zero-order valence-corrected chi connectivity index (χ0v) is 12.5. The van der Waals surface area contributed by atoms with E-state index in [4.69, 9.17) is 5.73 Å². The number of piperidine rings is 1. The number of hydrogen-bond acceptors (Lipinski definition) is 3. The molecule has 2 amide bonds. The van der Waals surface area contributed by atoms with Gasteiger partial charge in [0.05, 0.1) is 0 Å². The SMILES string of the molecule is CCN(CC1CCCCN1)C(=O)c1cccc(C(N)=O)c1. The fourth-order valence-electron chi connectivity index (χ4n) is 2.69. The summed E-state index contributed by atoms with van der Waals surface area (Å²) in [6, 6.07) is 6.98. The van der Waals surface area contributed by atoms with Gasteiger partial charge in [-0.3, -0.25) is 9.59 Å². The smallest absolute Gasteiger partial charge is 0.253 e. The van der Waals surface area contributed by atoms with Gasteiger partial charge < -0.3 is 16.0 Å². The molecule has 1 aliphatic rings. The number of nitrogens with zero attached hydrogens (tertiary/aromatic N) is 1. The van der Waals surface area contributed by atoms with Crippen LogP contribution in [0.15, 0.2) is 24.3 Å². The number of nitrogens with two attached hydrogens (primary N) is 1. The first-order chi connectivity index (χ1) is 10.1. The number of benzene rings is 1. The van der Waals surface area contributed by atoms with Crippen LogP contribution < -0.4 is 11.1 Å². The molecule has 0 aromatic heterocycles. The van der Waals surface area contributed by atoms with E-state index in [1.165, 1.54) is 12.8 Å². The fraction of sp³-hybridized carbons (Fsp3) is 0.500. The molecule has 1 saturated heterocycles. The van der Waals surface area contributed by atoms with Crippen LogP contribution in [-0.2, 0) is 0 Å². The van der Waals surface area contributed by atoms with Crippen molar-refractivity contribution in [1.82, 2.24) is 10.2 Å². The van der Waals surface area contributed by atoms with Crippen molar-refractivity contribution in [3.05, 3.63) is 35.4 Å². The van der Waals surface area contributed by atoms with Gasteiger partial charge in [-0.05, 0) is 44.5 Å². The molecule has 1 aliphatic heterocycles. The fourth-order valence-corrected chi connectivity index (χ4v) is 2.69. The highest BCUT2D eigenvalue weighted by molar-refractivity contribution is 5.99. The molecule has 0 bridgehead atoms. The first-order valence-electron chi connectivity index (χ1n) is 7.54. The molecule has 1 fully saturated rings. The second-order valence-electron chi connectivity index (χ2n) is 5.44.